The highest BCUT2D eigenvalue weighted by Crippen LogP contribution is 2.38. The normalized spacial score (nSPS) is 23.0. The zero-order chi connectivity index (χ0) is 16.3. The van der Waals surface area contributed by atoms with E-state index in [9.17, 15) is 4.79 Å². The maximum atomic E-state index is 12.5. The van der Waals surface area contributed by atoms with Gasteiger partial charge in [-0.15, -0.1) is 0 Å². The summed E-state index contributed by atoms with van der Waals surface area (Å²) in [5, 5.41) is 6.94. The molecular weight excluding hydrogens is 288 g/mol. The van der Waals surface area contributed by atoms with E-state index >= 15 is 0 Å². The molecule has 1 aliphatic heterocycles. The second-order valence-electron chi connectivity index (χ2n) is 6.03. The zero-order valence-electron chi connectivity index (χ0n) is 13.5. The van der Waals surface area contributed by atoms with Crippen molar-refractivity contribution in [1.29, 1.82) is 0 Å². The molecule has 2 aromatic rings. The highest BCUT2D eigenvalue weighted by Gasteiger charge is 2.40. The topological polar surface area (TPSA) is 50.4 Å². The van der Waals surface area contributed by atoms with Crippen LogP contribution in [-0.2, 0) is 9.53 Å². The molecule has 0 saturated heterocycles. The van der Waals surface area contributed by atoms with Crippen LogP contribution in [-0.4, -0.2) is 18.1 Å². The minimum absolute atomic E-state index is 0.0294. The third-order valence-electron chi connectivity index (χ3n) is 4.21. The molecule has 2 aromatic carbocycles. The van der Waals surface area contributed by atoms with Gasteiger partial charge in [0.15, 0.2) is 0 Å². The molecular formula is C19H22N2O2. The largest absolute Gasteiger partial charge is 0.464 e. The van der Waals surface area contributed by atoms with Crippen LogP contribution >= 0.6 is 0 Å². The van der Waals surface area contributed by atoms with Gasteiger partial charge in [0.05, 0.1) is 24.0 Å². The van der Waals surface area contributed by atoms with Crippen molar-refractivity contribution in [2.24, 2.45) is 0 Å². The lowest BCUT2D eigenvalue weighted by Gasteiger charge is -2.30. The number of ether oxygens (including phenoxy) is 1. The van der Waals surface area contributed by atoms with Crippen molar-refractivity contribution < 1.29 is 9.53 Å². The smallest absolute Gasteiger partial charge is 0.331 e. The van der Waals surface area contributed by atoms with Crippen LogP contribution in [0.4, 0.5) is 11.4 Å². The number of fused-ring (bicyclic) bond motifs is 1. The van der Waals surface area contributed by atoms with E-state index in [0.29, 0.717) is 13.0 Å². The number of hydrogen-bond acceptors (Lipinski definition) is 4. The molecule has 2 unspecified atom stereocenters. The minimum atomic E-state index is -0.782. The quantitative estimate of drug-likeness (QED) is 0.842. The van der Waals surface area contributed by atoms with Crippen molar-refractivity contribution in [2.45, 2.75) is 31.8 Å². The third-order valence-corrected chi connectivity index (χ3v) is 4.21. The Kier molecular flexibility index (Phi) is 4.24. The molecule has 0 bridgehead atoms. The average molecular weight is 310 g/mol. The van der Waals surface area contributed by atoms with E-state index in [2.05, 4.69) is 22.8 Å². The SMILES string of the molecule is CCOC(=O)C1(C)CC(c2ccccc2)Nc2ccccc2N1. The van der Waals surface area contributed by atoms with Gasteiger partial charge >= 0.3 is 5.97 Å². The second-order valence-corrected chi connectivity index (χ2v) is 6.03. The van der Waals surface area contributed by atoms with Gasteiger partial charge in [0.25, 0.3) is 0 Å². The first-order valence-electron chi connectivity index (χ1n) is 7.98. The fraction of sp³-hybridized carbons (Fsp3) is 0.316. The summed E-state index contributed by atoms with van der Waals surface area (Å²) in [6.45, 7) is 4.12. The number of carbonyl (C=O) groups is 1. The Balaban J connectivity index is 2.01. The number of para-hydroxylation sites is 2. The Labute approximate surface area is 136 Å². The Bertz CT molecular complexity index is 687. The summed E-state index contributed by atoms with van der Waals surface area (Å²) in [4.78, 5) is 12.5. The van der Waals surface area contributed by atoms with Crippen LogP contribution in [0.1, 0.15) is 31.9 Å². The van der Waals surface area contributed by atoms with Gasteiger partial charge in [-0.3, -0.25) is 0 Å². The standard InChI is InChI=1S/C19H22N2O2/c1-3-23-18(22)19(2)13-17(14-9-5-4-6-10-14)20-15-11-7-8-12-16(15)21-19/h4-12,17,20-21H,3,13H2,1-2H3. The number of hydrogen-bond donors (Lipinski definition) is 2. The van der Waals surface area contributed by atoms with Crippen molar-refractivity contribution in [3.8, 4) is 0 Å². The summed E-state index contributed by atoms with van der Waals surface area (Å²) in [6, 6.07) is 18.2. The molecule has 0 aromatic heterocycles. The second kappa shape index (κ2) is 6.32. The number of esters is 1. The molecule has 0 radical (unpaired) electrons. The van der Waals surface area contributed by atoms with Crippen molar-refractivity contribution in [3.63, 3.8) is 0 Å². The van der Waals surface area contributed by atoms with Crippen LogP contribution in [0.15, 0.2) is 54.6 Å². The minimum Gasteiger partial charge on any atom is -0.464 e. The van der Waals surface area contributed by atoms with Gasteiger partial charge in [0.1, 0.15) is 5.54 Å². The number of anilines is 2. The Morgan fingerprint density at radius 1 is 1.13 bits per heavy atom. The van der Waals surface area contributed by atoms with Gasteiger partial charge in [0, 0.05) is 6.42 Å². The lowest BCUT2D eigenvalue weighted by Crippen LogP contribution is -2.45. The first-order valence-corrected chi connectivity index (χ1v) is 7.98. The van der Waals surface area contributed by atoms with Gasteiger partial charge in [0.2, 0.25) is 0 Å². The molecule has 120 valence electrons. The molecule has 4 heteroatoms. The molecule has 2 N–H and O–H groups in total. The molecule has 1 heterocycles. The fourth-order valence-corrected chi connectivity index (χ4v) is 3.02. The van der Waals surface area contributed by atoms with Crippen LogP contribution in [0.5, 0.6) is 0 Å². The third kappa shape index (κ3) is 3.16. The first kappa shape index (κ1) is 15.4. The zero-order valence-corrected chi connectivity index (χ0v) is 13.5. The van der Waals surface area contributed by atoms with E-state index in [4.69, 9.17) is 4.74 Å². The number of carbonyl (C=O) groups excluding carboxylic acids is 1. The maximum Gasteiger partial charge on any atom is 0.331 e. The van der Waals surface area contributed by atoms with Crippen LogP contribution in [0.3, 0.4) is 0 Å². The number of rotatable bonds is 3. The van der Waals surface area contributed by atoms with Crippen LogP contribution in [0.2, 0.25) is 0 Å². The van der Waals surface area contributed by atoms with E-state index in [-0.39, 0.29) is 12.0 Å². The number of benzene rings is 2. The van der Waals surface area contributed by atoms with E-state index < -0.39 is 5.54 Å². The lowest BCUT2D eigenvalue weighted by atomic mass is 9.90. The molecule has 2 atom stereocenters. The first-order chi connectivity index (χ1) is 11.1. The van der Waals surface area contributed by atoms with Crippen molar-refractivity contribution in [2.75, 3.05) is 17.2 Å². The molecule has 0 amide bonds. The average Bonchev–Trinajstić information content (AvgIpc) is 2.72. The molecule has 0 aliphatic carbocycles. The molecule has 0 fully saturated rings. The van der Waals surface area contributed by atoms with Gasteiger partial charge in [-0.1, -0.05) is 42.5 Å². The van der Waals surface area contributed by atoms with Crippen molar-refractivity contribution >= 4 is 17.3 Å². The van der Waals surface area contributed by atoms with Crippen LogP contribution in [0.25, 0.3) is 0 Å². The molecule has 0 saturated carbocycles. The van der Waals surface area contributed by atoms with Gasteiger partial charge in [-0.2, -0.15) is 0 Å². The van der Waals surface area contributed by atoms with Gasteiger partial charge in [-0.25, -0.2) is 4.79 Å². The maximum absolute atomic E-state index is 12.5. The van der Waals surface area contributed by atoms with E-state index in [1.807, 2.05) is 56.3 Å². The number of nitrogens with one attached hydrogen (secondary N) is 2. The van der Waals surface area contributed by atoms with E-state index in [1.165, 1.54) is 0 Å². The fourth-order valence-electron chi connectivity index (χ4n) is 3.02. The predicted molar refractivity (Wildman–Crippen MR) is 92.5 cm³/mol. The Morgan fingerprint density at radius 2 is 1.78 bits per heavy atom. The molecule has 3 rings (SSSR count). The summed E-state index contributed by atoms with van der Waals surface area (Å²) in [5.74, 6) is -0.223. The predicted octanol–water partition coefficient (Wildman–Crippen LogP) is 3.98. The van der Waals surface area contributed by atoms with E-state index in [1.54, 1.807) is 0 Å². The van der Waals surface area contributed by atoms with Crippen LogP contribution in [0, 0.1) is 0 Å². The molecule has 23 heavy (non-hydrogen) atoms. The van der Waals surface area contributed by atoms with E-state index in [0.717, 1.165) is 16.9 Å². The van der Waals surface area contributed by atoms with Crippen molar-refractivity contribution in [3.05, 3.63) is 60.2 Å². The van der Waals surface area contributed by atoms with Crippen LogP contribution < -0.4 is 10.6 Å². The summed E-state index contributed by atoms with van der Waals surface area (Å²) >= 11 is 0. The lowest BCUT2D eigenvalue weighted by molar-refractivity contribution is -0.148. The Morgan fingerprint density at radius 3 is 2.48 bits per heavy atom. The molecule has 1 aliphatic rings. The Hall–Kier alpha value is -2.49. The summed E-state index contributed by atoms with van der Waals surface area (Å²) in [5.41, 5.74) is 2.29. The highest BCUT2D eigenvalue weighted by molar-refractivity contribution is 5.87. The highest BCUT2D eigenvalue weighted by atomic mass is 16.5. The van der Waals surface area contributed by atoms with Gasteiger partial charge < -0.3 is 15.4 Å². The molecule has 4 nitrogen and oxygen atoms in total. The summed E-state index contributed by atoms with van der Waals surface area (Å²) in [6.07, 6.45) is 0.602. The monoisotopic (exact) mass is 310 g/mol. The summed E-state index contributed by atoms with van der Waals surface area (Å²) < 4.78 is 5.31. The molecule has 0 spiro atoms. The van der Waals surface area contributed by atoms with Crippen molar-refractivity contribution in [1.82, 2.24) is 0 Å². The van der Waals surface area contributed by atoms with Gasteiger partial charge in [-0.05, 0) is 31.5 Å². The summed E-state index contributed by atoms with van der Waals surface area (Å²) in [7, 11) is 0.